The van der Waals surface area contributed by atoms with Crippen LogP contribution >= 0.6 is 23.8 Å². The fourth-order valence-corrected chi connectivity index (χ4v) is 4.85. The number of carbonyl (C=O) groups excluding carboxylic acids is 1. The molecule has 2 aromatic carbocycles. The summed E-state index contributed by atoms with van der Waals surface area (Å²) in [6.45, 7) is 13.7. The van der Waals surface area contributed by atoms with Gasteiger partial charge in [0.2, 0.25) is 11.6 Å². The van der Waals surface area contributed by atoms with Gasteiger partial charge in [0, 0.05) is 18.8 Å². The first-order valence-electron chi connectivity index (χ1n) is 11.3. The van der Waals surface area contributed by atoms with Crippen molar-refractivity contribution in [2.24, 2.45) is 0 Å². The quantitative estimate of drug-likeness (QED) is 0.152. The molecule has 1 amide bonds. The molecule has 9 heteroatoms. The SMILES string of the molecule is [C-]#[N+]c1ccc(N2C(=O)C(C)(C)N(CCCOc3ccc(-c4ccnc(F)c4)cc3)C2=S)c(C)c1Cl. The van der Waals surface area contributed by atoms with Crippen LogP contribution in [0.1, 0.15) is 25.8 Å². The number of ether oxygens (including phenoxy) is 1. The largest absolute Gasteiger partial charge is 0.494 e. The molecule has 36 heavy (non-hydrogen) atoms. The molecule has 1 aliphatic rings. The molecule has 3 aromatic rings. The number of carbonyl (C=O) groups is 1. The van der Waals surface area contributed by atoms with Crippen molar-refractivity contribution in [1.82, 2.24) is 9.88 Å². The molecule has 0 N–H and O–H groups in total. The lowest BCUT2D eigenvalue weighted by atomic mass is 10.0. The lowest BCUT2D eigenvalue weighted by molar-refractivity contribution is -0.123. The summed E-state index contributed by atoms with van der Waals surface area (Å²) in [6, 6.07) is 13.9. The fraction of sp³-hybridized carbons (Fsp3) is 0.259. The van der Waals surface area contributed by atoms with Crippen molar-refractivity contribution in [3.63, 3.8) is 0 Å². The van der Waals surface area contributed by atoms with E-state index in [1.54, 1.807) is 25.1 Å². The van der Waals surface area contributed by atoms with E-state index in [1.165, 1.54) is 17.2 Å². The number of halogens is 2. The monoisotopic (exact) mass is 522 g/mol. The summed E-state index contributed by atoms with van der Waals surface area (Å²) in [5.41, 5.74) is 2.34. The number of aromatic nitrogens is 1. The Morgan fingerprint density at radius 3 is 2.56 bits per heavy atom. The molecular weight excluding hydrogens is 499 g/mol. The Kier molecular flexibility index (Phi) is 7.25. The molecule has 4 rings (SSSR count). The van der Waals surface area contributed by atoms with Crippen LogP contribution < -0.4 is 9.64 Å². The third-order valence-electron chi connectivity index (χ3n) is 6.23. The molecule has 0 spiro atoms. The van der Waals surface area contributed by atoms with Gasteiger partial charge in [-0.15, -0.1) is 0 Å². The predicted molar refractivity (Wildman–Crippen MR) is 143 cm³/mol. The van der Waals surface area contributed by atoms with Crippen LogP contribution in [0, 0.1) is 19.4 Å². The van der Waals surface area contributed by atoms with Crippen LogP contribution in [0.5, 0.6) is 5.75 Å². The minimum absolute atomic E-state index is 0.147. The average molecular weight is 523 g/mol. The topological polar surface area (TPSA) is 50.0 Å². The Bertz CT molecular complexity index is 1370. The number of benzene rings is 2. The van der Waals surface area contributed by atoms with Crippen molar-refractivity contribution in [3.05, 3.63) is 82.7 Å². The van der Waals surface area contributed by atoms with Gasteiger partial charge in [-0.2, -0.15) is 4.39 Å². The fourth-order valence-electron chi connectivity index (χ4n) is 4.15. The third-order valence-corrected chi connectivity index (χ3v) is 7.11. The van der Waals surface area contributed by atoms with Crippen LogP contribution in [0.3, 0.4) is 0 Å². The first-order chi connectivity index (χ1) is 17.1. The molecule has 0 bridgehead atoms. The molecule has 1 aliphatic heterocycles. The highest BCUT2D eigenvalue weighted by Crippen LogP contribution is 2.39. The first-order valence-corrected chi connectivity index (χ1v) is 12.1. The molecule has 6 nitrogen and oxygen atoms in total. The minimum atomic E-state index is -0.837. The molecule has 0 unspecified atom stereocenters. The van der Waals surface area contributed by atoms with E-state index in [2.05, 4.69) is 9.83 Å². The number of rotatable bonds is 7. The van der Waals surface area contributed by atoms with Crippen molar-refractivity contribution >= 4 is 46.2 Å². The third kappa shape index (κ3) is 4.77. The van der Waals surface area contributed by atoms with Crippen LogP contribution in [0.25, 0.3) is 16.0 Å². The highest BCUT2D eigenvalue weighted by molar-refractivity contribution is 7.80. The number of hydrogen-bond donors (Lipinski definition) is 0. The normalized spacial score (nSPS) is 14.8. The maximum absolute atomic E-state index is 13.4. The van der Waals surface area contributed by atoms with E-state index >= 15 is 0 Å². The van der Waals surface area contributed by atoms with E-state index in [9.17, 15) is 9.18 Å². The van der Waals surface area contributed by atoms with Gasteiger partial charge in [0.05, 0.1) is 23.9 Å². The Morgan fingerprint density at radius 1 is 1.17 bits per heavy atom. The number of amides is 1. The number of thiocarbonyl (C=S) groups is 1. The highest BCUT2D eigenvalue weighted by Gasteiger charge is 2.49. The Labute approximate surface area is 220 Å². The first kappa shape index (κ1) is 25.5. The summed E-state index contributed by atoms with van der Waals surface area (Å²) in [6.07, 6.45) is 2.07. The van der Waals surface area contributed by atoms with Crippen molar-refractivity contribution in [3.8, 4) is 16.9 Å². The van der Waals surface area contributed by atoms with Crippen LogP contribution in [0.15, 0.2) is 54.7 Å². The Hall–Kier alpha value is -3.54. The number of hydrogen-bond acceptors (Lipinski definition) is 4. The standard InChI is InChI=1S/C27H24ClFN4O2S/c1-17-22(11-10-21(30-4)24(17)28)33-25(34)27(2,3)32(26(33)36)14-5-15-35-20-8-6-18(7-9-20)19-12-13-31-23(29)16-19/h6-13,16H,5,14-15H2,1-3H3. The van der Waals surface area contributed by atoms with Crippen molar-refractivity contribution in [2.45, 2.75) is 32.7 Å². The lowest BCUT2D eigenvalue weighted by Crippen LogP contribution is -2.44. The van der Waals surface area contributed by atoms with Gasteiger partial charge in [0.15, 0.2) is 5.11 Å². The number of anilines is 1. The summed E-state index contributed by atoms with van der Waals surface area (Å²) < 4.78 is 19.3. The second-order valence-corrected chi connectivity index (χ2v) is 9.63. The number of pyridine rings is 1. The molecule has 184 valence electrons. The highest BCUT2D eigenvalue weighted by atomic mass is 35.5. The smallest absolute Gasteiger partial charge is 0.258 e. The van der Waals surface area contributed by atoms with Gasteiger partial charge in [-0.3, -0.25) is 9.69 Å². The number of nitrogens with zero attached hydrogens (tertiary/aromatic N) is 4. The van der Waals surface area contributed by atoms with E-state index in [0.29, 0.717) is 52.4 Å². The van der Waals surface area contributed by atoms with Gasteiger partial charge in [-0.05, 0) is 80.4 Å². The van der Waals surface area contributed by atoms with E-state index < -0.39 is 11.5 Å². The van der Waals surface area contributed by atoms with Gasteiger partial charge in [-0.25, -0.2) is 9.83 Å². The molecule has 0 radical (unpaired) electrons. The Balaban J connectivity index is 1.40. The van der Waals surface area contributed by atoms with E-state index in [-0.39, 0.29) is 5.91 Å². The van der Waals surface area contributed by atoms with E-state index in [0.717, 1.165) is 11.1 Å². The summed E-state index contributed by atoms with van der Waals surface area (Å²) in [5, 5.41) is 0.719. The maximum Gasteiger partial charge on any atom is 0.258 e. The zero-order valence-electron chi connectivity index (χ0n) is 20.1. The summed E-state index contributed by atoms with van der Waals surface area (Å²) in [7, 11) is 0. The van der Waals surface area contributed by atoms with Gasteiger partial charge in [0.1, 0.15) is 11.3 Å². The summed E-state index contributed by atoms with van der Waals surface area (Å²) in [5.74, 6) is 0.0250. The molecule has 1 aromatic heterocycles. The van der Waals surface area contributed by atoms with Crippen LogP contribution in [-0.4, -0.2) is 39.6 Å². The van der Waals surface area contributed by atoms with E-state index in [4.69, 9.17) is 35.1 Å². The van der Waals surface area contributed by atoms with Gasteiger partial charge < -0.3 is 9.64 Å². The second kappa shape index (κ2) is 10.2. The molecule has 0 saturated carbocycles. The summed E-state index contributed by atoms with van der Waals surface area (Å²) in [4.78, 5) is 23.7. The van der Waals surface area contributed by atoms with Crippen LogP contribution in [-0.2, 0) is 4.79 Å². The average Bonchev–Trinajstić information content (AvgIpc) is 3.02. The summed E-state index contributed by atoms with van der Waals surface area (Å²) >= 11 is 12.0. The molecule has 0 atom stereocenters. The van der Waals surface area contributed by atoms with Crippen molar-refractivity contribution in [2.75, 3.05) is 18.1 Å². The second-order valence-electron chi connectivity index (χ2n) is 8.88. The zero-order valence-corrected chi connectivity index (χ0v) is 21.7. The molecule has 0 aliphatic carbocycles. The molecule has 1 saturated heterocycles. The van der Waals surface area contributed by atoms with Crippen LogP contribution in [0.2, 0.25) is 5.02 Å². The molecule has 1 fully saturated rings. The van der Waals surface area contributed by atoms with E-state index in [1.807, 2.05) is 43.0 Å². The molecular formula is C27H24ClFN4O2S. The lowest BCUT2D eigenvalue weighted by Gasteiger charge is -2.29. The maximum atomic E-state index is 13.4. The van der Waals surface area contributed by atoms with Crippen molar-refractivity contribution in [1.29, 1.82) is 0 Å². The molecule has 2 heterocycles. The van der Waals surface area contributed by atoms with Gasteiger partial charge in [-0.1, -0.05) is 29.8 Å². The predicted octanol–water partition coefficient (Wildman–Crippen LogP) is 6.58. The minimum Gasteiger partial charge on any atom is -0.494 e. The Morgan fingerprint density at radius 2 is 1.89 bits per heavy atom. The van der Waals surface area contributed by atoms with Crippen molar-refractivity contribution < 1.29 is 13.9 Å². The van der Waals surface area contributed by atoms with Crippen LogP contribution in [0.4, 0.5) is 15.8 Å². The van der Waals surface area contributed by atoms with Gasteiger partial charge >= 0.3 is 0 Å². The zero-order chi connectivity index (χ0) is 26.0. The van der Waals surface area contributed by atoms with Gasteiger partial charge in [0.25, 0.3) is 5.91 Å².